The Hall–Kier alpha value is -0.540. The van der Waals surface area contributed by atoms with Crippen LogP contribution in [0.3, 0.4) is 0 Å². The molecule has 5 heteroatoms. The predicted molar refractivity (Wildman–Crippen MR) is 83.6 cm³/mol. The monoisotopic (exact) mass is 376 g/mol. The number of hydrogen-bond acceptors (Lipinski definition) is 1. The molecule has 0 amide bonds. The summed E-state index contributed by atoms with van der Waals surface area (Å²) in [5, 5.41) is 1.55. The van der Waals surface area contributed by atoms with Gasteiger partial charge in [0, 0.05) is 31.5 Å². The molecule has 19 heavy (non-hydrogen) atoms. The summed E-state index contributed by atoms with van der Waals surface area (Å²) >= 11 is 21.3. The van der Waals surface area contributed by atoms with Crippen molar-refractivity contribution in [2.24, 2.45) is 0 Å². The van der Waals surface area contributed by atoms with E-state index >= 15 is 0 Å². The van der Waals surface area contributed by atoms with E-state index in [0.717, 1.165) is 0 Å². The Labute approximate surface area is 134 Å². The first-order chi connectivity index (χ1) is 8.99. The topological polar surface area (TPSA) is 17.1 Å². The summed E-state index contributed by atoms with van der Waals surface area (Å²) in [6, 6.07) is 10.2. The summed E-state index contributed by atoms with van der Waals surface area (Å²) in [6.45, 7) is 0. The Kier molecular flexibility index (Phi) is 4.91. The number of rotatable bonds is 3. The lowest BCUT2D eigenvalue weighted by molar-refractivity contribution is 0.0992. The Bertz CT molecular complexity index is 620. The number of carbonyl (C=O) groups excluding carboxylic acids is 1. The van der Waals surface area contributed by atoms with Crippen LogP contribution in [0.4, 0.5) is 0 Å². The molecule has 0 saturated carbocycles. The molecule has 0 bridgehead atoms. The first-order valence-corrected chi connectivity index (χ1v) is 7.33. The van der Waals surface area contributed by atoms with E-state index in [1.165, 1.54) is 0 Å². The van der Waals surface area contributed by atoms with E-state index in [1.54, 1.807) is 36.4 Å². The van der Waals surface area contributed by atoms with Crippen LogP contribution in [0.1, 0.15) is 15.9 Å². The van der Waals surface area contributed by atoms with Gasteiger partial charge in [0.05, 0.1) is 0 Å². The maximum absolute atomic E-state index is 12.3. The molecule has 2 aromatic rings. The normalized spacial score (nSPS) is 10.5. The van der Waals surface area contributed by atoms with E-state index in [9.17, 15) is 4.79 Å². The van der Waals surface area contributed by atoms with Gasteiger partial charge in [-0.3, -0.25) is 4.79 Å². The highest BCUT2D eigenvalue weighted by atomic mass is 79.9. The van der Waals surface area contributed by atoms with E-state index in [4.69, 9.17) is 34.8 Å². The number of Topliss-reactive ketones (excluding diaryl/α,β-unsaturated/α-hetero) is 1. The van der Waals surface area contributed by atoms with E-state index in [0.29, 0.717) is 30.7 Å². The molecule has 0 aliphatic carbocycles. The Morgan fingerprint density at radius 3 is 2.26 bits per heavy atom. The lowest BCUT2D eigenvalue weighted by atomic mass is 10.0. The van der Waals surface area contributed by atoms with Crippen LogP contribution in [0.15, 0.2) is 40.9 Å². The van der Waals surface area contributed by atoms with Crippen molar-refractivity contribution in [1.29, 1.82) is 0 Å². The van der Waals surface area contributed by atoms with E-state index in [1.807, 2.05) is 0 Å². The minimum absolute atomic E-state index is 0.0708. The molecule has 0 aromatic heterocycles. The van der Waals surface area contributed by atoms with Gasteiger partial charge in [0.25, 0.3) is 0 Å². The largest absolute Gasteiger partial charge is 0.294 e. The Morgan fingerprint density at radius 1 is 1.05 bits per heavy atom. The smallest absolute Gasteiger partial charge is 0.168 e. The third-order valence-corrected chi connectivity index (χ3v) is 4.23. The van der Waals surface area contributed by atoms with Gasteiger partial charge in [-0.15, -0.1) is 0 Å². The molecular formula is C14H8BrCl3O. The van der Waals surface area contributed by atoms with Crippen molar-refractivity contribution < 1.29 is 4.79 Å². The maximum Gasteiger partial charge on any atom is 0.168 e. The molecule has 0 unspecified atom stereocenters. The van der Waals surface area contributed by atoms with Crippen LogP contribution in [-0.4, -0.2) is 5.78 Å². The van der Waals surface area contributed by atoms with Crippen molar-refractivity contribution in [2.75, 3.05) is 0 Å². The molecule has 0 radical (unpaired) electrons. The summed E-state index contributed by atoms with van der Waals surface area (Å²) in [5.41, 5.74) is 1.19. The van der Waals surface area contributed by atoms with Gasteiger partial charge in [-0.2, -0.15) is 0 Å². The van der Waals surface area contributed by atoms with Gasteiger partial charge in [-0.05, 0) is 51.8 Å². The number of halogens is 4. The first kappa shape index (κ1) is 14.9. The van der Waals surface area contributed by atoms with Gasteiger partial charge in [0.1, 0.15) is 0 Å². The number of carbonyl (C=O) groups is 1. The third kappa shape index (κ3) is 3.51. The molecule has 0 heterocycles. The van der Waals surface area contributed by atoms with E-state index in [2.05, 4.69) is 15.9 Å². The second-order valence-electron chi connectivity index (χ2n) is 3.92. The van der Waals surface area contributed by atoms with Crippen molar-refractivity contribution in [1.82, 2.24) is 0 Å². The summed E-state index contributed by atoms with van der Waals surface area (Å²) in [6.07, 6.45) is 0.152. The summed E-state index contributed by atoms with van der Waals surface area (Å²) in [4.78, 5) is 12.3. The van der Waals surface area contributed by atoms with Crippen LogP contribution < -0.4 is 0 Å². The minimum Gasteiger partial charge on any atom is -0.294 e. The zero-order chi connectivity index (χ0) is 14.0. The number of benzene rings is 2. The van der Waals surface area contributed by atoms with Crippen molar-refractivity contribution in [3.8, 4) is 0 Å². The molecule has 0 spiro atoms. The van der Waals surface area contributed by atoms with Crippen LogP contribution in [0.25, 0.3) is 0 Å². The van der Waals surface area contributed by atoms with Gasteiger partial charge in [0.15, 0.2) is 5.78 Å². The molecule has 1 nitrogen and oxygen atoms in total. The van der Waals surface area contributed by atoms with Crippen molar-refractivity contribution in [3.05, 3.63) is 67.1 Å². The van der Waals surface area contributed by atoms with Gasteiger partial charge in [-0.25, -0.2) is 0 Å². The third-order valence-electron chi connectivity index (χ3n) is 2.63. The van der Waals surface area contributed by atoms with E-state index in [-0.39, 0.29) is 12.2 Å². The van der Waals surface area contributed by atoms with Crippen LogP contribution in [0, 0.1) is 0 Å². The molecule has 2 rings (SSSR count). The van der Waals surface area contributed by atoms with E-state index < -0.39 is 0 Å². The summed E-state index contributed by atoms with van der Waals surface area (Å²) < 4.78 is 0.660. The molecule has 0 N–H and O–H groups in total. The highest BCUT2D eigenvalue weighted by Crippen LogP contribution is 2.28. The molecule has 0 aliphatic rings. The lowest BCUT2D eigenvalue weighted by Gasteiger charge is -2.07. The zero-order valence-electron chi connectivity index (χ0n) is 9.59. The fourth-order valence-corrected chi connectivity index (χ4v) is 3.11. The number of hydrogen-bond donors (Lipinski definition) is 0. The number of ketones is 1. The molecule has 0 aliphatic heterocycles. The zero-order valence-corrected chi connectivity index (χ0v) is 13.4. The molecule has 2 aromatic carbocycles. The van der Waals surface area contributed by atoms with Crippen molar-refractivity contribution in [2.45, 2.75) is 6.42 Å². The lowest BCUT2D eigenvalue weighted by Crippen LogP contribution is -2.05. The minimum atomic E-state index is -0.0708. The van der Waals surface area contributed by atoms with Crippen LogP contribution in [0.5, 0.6) is 0 Å². The van der Waals surface area contributed by atoms with Crippen LogP contribution in [-0.2, 0) is 6.42 Å². The van der Waals surface area contributed by atoms with Gasteiger partial charge in [0.2, 0.25) is 0 Å². The van der Waals surface area contributed by atoms with Crippen LogP contribution in [0.2, 0.25) is 15.1 Å². The molecule has 0 saturated heterocycles. The fraction of sp³-hybridized carbons (Fsp3) is 0.0714. The average molecular weight is 378 g/mol. The van der Waals surface area contributed by atoms with Gasteiger partial charge in [-0.1, -0.05) is 40.9 Å². The predicted octanol–water partition coefficient (Wildman–Crippen LogP) is 5.83. The SMILES string of the molecule is O=C(Cc1c(Cl)cccc1Cl)c1ccc(Cl)cc1Br. The maximum atomic E-state index is 12.3. The second-order valence-corrected chi connectivity index (χ2v) is 6.03. The molecular weight excluding hydrogens is 370 g/mol. The summed E-state index contributed by atoms with van der Waals surface area (Å²) in [5.74, 6) is -0.0708. The van der Waals surface area contributed by atoms with Gasteiger partial charge < -0.3 is 0 Å². The highest BCUT2D eigenvalue weighted by Gasteiger charge is 2.15. The average Bonchev–Trinajstić information content (AvgIpc) is 2.33. The van der Waals surface area contributed by atoms with Crippen molar-refractivity contribution >= 4 is 56.5 Å². The Balaban J connectivity index is 2.31. The highest BCUT2D eigenvalue weighted by molar-refractivity contribution is 9.10. The first-order valence-electron chi connectivity index (χ1n) is 5.40. The Morgan fingerprint density at radius 2 is 1.68 bits per heavy atom. The van der Waals surface area contributed by atoms with Crippen molar-refractivity contribution in [3.63, 3.8) is 0 Å². The second kappa shape index (κ2) is 6.27. The summed E-state index contributed by atoms with van der Waals surface area (Å²) in [7, 11) is 0. The molecule has 0 fully saturated rings. The van der Waals surface area contributed by atoms with Gasteiger partial charge >= 0.3 is 0 Å². The quantitative estimate of drug-likeness (QED) is 0.614. The standard InChI is InChI=1S/C14H8BrCl3O/c15-11-6-8(16)4-5-9(11)14(19)7-10-12(17)2-1-3-13(10)18/h1-6H,7H2. The van der Waals surface area contributed by atoms with Crippen LogP contribution >= 0.6 is 50.7 Å². The fourth-order valence-electron chi connectivity index (χ4n) is 1.67. The molecule has 0 atom stereocenters. The molecule has 98 valence electrons.